The van der Waals surface area contributed by atoms with Crippen molar-refractivity contribution in [2.45, 2.75) is 0 Å². The molecule has 0 saturated heterocycles. The van der Waals surface area contributed by atoms with Gasteiger partial charge in [-0.2, -0.15) is 0 Å². The molecular weight excluding hydrogens is 372 g/mol. The van der Waals surface area contributed by atoms with Crippen molar-refractivity contribution in [3.8, 4) is 5.75 Å². The zero-order valence-electron chi connectivity index (χ0n) is 12.8. The number of allylic oxidation sites excluding steroid dienone is 1. The maximum absolute atomic E-state index is 12.3. The Morgan fingerprint density at radius 2 is 1.92 bits per heavy atom. The van der Waals surface area contributed by atoms with E-state index in [0.717, 1.165) is 10.0 Å². The largest absolute Gasteiger partial charge is 0.493 e. The molecule has 2 aromatic carbocycles. The summed E-state index contributed by atoms with van der Waals surface area (Å²) in [4.78, 5) is 24.4. The van der Waals surface area contributed by atoms with Gasteiger partial charge in [0.2, 0.25) is 0 Å². The van der Waals surface area contributed by atoms with Crippen LogP contribution in [0.2, 0.25) is 0 Å². The van der Waals surface area contributed by atoms with Gasteiger partial charge in [0.05, 0.1) is 7.11 Å². The number of methoxy groups -OCH3 is 1. The highest BCUT2D eigenvalue weighted by molar-refractivity contribution is 9.10. The number of fused-ring (bicyclic) bond motifs is 1. The van der Waals surface area contributed by atoms with Gasteiger partial charge in [-0.1, -0.05) is 46.3 Å². The van der Waals surface area contributed by atoms with Crippen molar-refractivity contribution in [2.75, 3.05) is 7.11 Å². The summed E-state index contributed by atoms with van der Waals surface area (Å²) in [5.74, 6) is 0.0467. The molecule has 1 heterocycles. The van der Waals surface area contributed by atoms with Crippen LogP contribution in [0.25, 0.3) is 17.0 Å². The van der Waals surface area contributed by atoms with Crippen LogP contribution in [-0.2, 0) is 0 Å². The monoisotopic (exact) mass is 384 g/mol. The highest BCUT2D eigenvalue weighted by Gasteiger charge is 2.13. The predicted octanol–water partition coefficient (Wildman–Crippen LogP) is 4.46. The summed E-state index contributed by atoms with van der Waals surface area (Å²) in [6.07, 6.45) is 3.02. The number of ketones is 1. The molecule has 4 nitrogen and oxygen atoms in total. The van der Waals surface area contributed by atoms with Crippen molar-refractivity contribution < 1.29 is 13.9 Å². The molecule has 0 aliphatic carbocycles. The van der Waals surface area contributed by atoms with E-state index in [1.54, 1.807) is 24.3 Å². The van der Waals surface area contributed by atoms with Crippen LogP contribution >= 0.6 is 15.9 Å². The van der Waals surface area contributed by atoms with Crippen molar-refractivity contribution in [1.29, 1.82) is 0 Å². The first-order chi connectivity index (χ1) is 11.6. The van der Waals surface area contributed by atoms with E-state index in [2.05, 4.69) is 15.9 Å². The zero-order chi connectivity index (χ0) is 17.1. The van der Waals surface area contributed by atoms with Crippen LogP contribution in [-0.4, -0.2) is 12.9 Å². The second-order valence-electron chi connectivity index (χ2n) is 5.08. The van der Waals surface area contributed by atoms with E-state index in [0.29, 0.717) is 16.7 Å². The van der Waals surface area contributed by atoms with E-state index in [1.807, 2.05) is 24.3 Å². The number of benzene rings is 2. The summed E-state index contributed by atoms with van der Waals surface area (Å²) in [7, 11) is 1.49. The van der Waals surface area contributed by atoms with E-state index in [4.69, 9.17) is 9.15 Å². The lowest BCUT2D eigenvalue weighted by atomic mass is 10.1. The molecule has 0 N–H and O–H groups in total. The Balaban J connectivity index is 1.96. The number of hydrogen-bond donors (Lipinski definition) is 0. The molecule has 5 heteroatoms. The topological polar surface area (TPSA) is 56.5 Å². The van der Waals surface area contributed by atoms with Crippen LogP contribution in [0, 0.1) is 0 Å². The first-order valence-electron chi connectivity index (χ1n) is 7.17. The van der Waals surface area contributed by atoms with Gasteiger partial charge < -0.3 is 9.15 Å². The van der Waals surface area contributed by atoms with E-state index in [1.165, 1.54) is 19.3 Å². The van der Waals surface area contributed by atoms with Gasteiger partial charge in [-0.25, -0.2) is 4.79 Å². The SMILES string of the molecule is COc1cccc2cc(C(=O)C=Cc3ccc(Br)cc3)c(=O)oc12. The first-order valence-corrected chi connectivity index (χ1v) is 7.96. The summed E-state index contributed by atoms with van der Waals surface area (Å²) in [6.45, 7) is 0. The van der Waals surface area contributed by atoms with Gasteiger partial charge in [0.15, 0.2) is 17.1 Å². The molecule has 3 aromatic rings. The van der Waals surface area contributed by atoms with Gasteiger partial charge in [-0.3, -0.25) is 4.79 Å². The normalized spacial score (nSPS) is 11.1. The van der Waals surface area contributed by atoms with Gasteiger partial charge >= 0.3 is 5.63 Å². The van der Waals surface area contributed by atoms with Gasteiger partial charge in [0.1, 0.15) is 5.56 Å². The molecule has 3 rings (SSSR count). The molecule has 0 bridgehead atoms. The number of rotatable bonds is 4. The summed E-state index contributed by atoms with van der Waals surface area (Å²) in [5, 5.41) is 0.634. The number of hydrogen-bond acceptors (Lipinski definition) is 4. The van der Waals surface area contributed by atoms with Gasteiger partial charge in [0, 0.05) is 9.86 Å². The van der Waals surface area contributed by atoms with Crippen molar-refractivity contribution in [2.24, 2.45) is 0 Å². The molecule has 0 fully saturated rings. The Kier molecular flexibility index (Phi) is 4.62. The molecule has 1 aromatic heterocycles. The van der Waals surface area contributed by atoms with Gasteiger partial charge in [-0.05, 0) is 35.9 Å². The smallest absolute Gasteiger partial charge is 0.347 e. The fourth-order valence-electron chi connectivity index (χ4n) is 2.29. The van der Waals surface area contributed by atoms with Crippen molar-refractivity contribution in [3.63, 3.8) is 0 Å². The third-order valence-electron chi connectivity index (χ3n) is 3.51. The molecule has 0 unspecified atom stereocenters. The number of ether oxygens (including phenoxy) is 1. The number of para-hydroxylation sites is 1. The van der Waals surface area contributed by atoms with Crippen LogP contribution < -0.4 is 10.4 Å². The van der Waals surface area contributed by atoms with Crippen molar-refractivity contribution >= 4 is 38.8 Å². The standard InChI is InChI=1S/C19H13BrO4/c1-23-17-4-2-3-13-11-15(19(22)24-18(13)17)16(21)10-7-12-5-8-14(20)9-6-12/h2-11H,1H3. The molecule has 0 aliphatic heterocycles. The van der Waals surface area contributed by atoms with E-state index >= 15 is 0 Å². The van der Waals surface area contributed by atoms with Crippen molar-refractivity contribution in [3.05, 3.63) is 80.6 Å². The third-order valence-corrected chi connectivity index (χ3v) is 4.04. The average molecular weight is 385 g/mol. The van der Waals surface area contributed by atoms with E-state index in [-0.39, 0.29) is 5.56 Å². The van der Waals surface area contributed by atoms with Crippen molar-refractivity contribution in [1.82, 2.24) is 0 Å². The molecule has 0 atom stereocenters. The minimum atomic E-state index is -0.683. The maximum atomic E-state index is 12.3. The lowest BCUT2D eigenvalue weighted by Crippen LogP contribution is -2.12. The fourth-order valence-corrected chi connectivity index (χ4v) is 2.55. The first kappa shape index (κ1) is 16.2. The molecule has 0 radical (unpaired) electrons. The quantitative estimate of drug-likeness (QED) is 0.378. The van der Waals surface area contributed by atoms with Crippen LogP contribution in [0.4, 0.5) is 0 Å². The second kappa shape index (κ2) is 6.84. The Hall–Kier alpha value is -2.66. The molecule has 24 heavy (non-hydrogen) atoms. The minimum absolute atomic E-state index is 0.0101. The fraction of sp³-hybridized carbons (Fsp3) is 0.0526. The molecule has 0 spiro atoms. The van der Waals surface area contributed by atoms with Crippen LogP contribution in [0.3, 0.4) is 0 Å². The molecular formula is C19H13BrO4. The predicted molar refractivity (Wildman–Crippen MR) is 96.5 cm³/mol. The molecule has 0 aliphatic rings. The highest BCUT2D eigenvalue weighted by atomic mass is 79.9. The minimum Gasteiger partial charge on any atom is -0.493 e. The number of carbonyl (C=O) groups is 1. The zero-order valence-corrected chi connectivity index (χ0v) is 14.4. The molecule has 0 amide bonds. The van der Waals surface area contributed by atoms with E-state index < -0.39 is 11.4 Å². The van der Waals surface area contributed by atoms with E-state index in [9.17, 15) is 9.59 Å². The van der Waals surface area contributed by atoms with Crippen LogP contribution in [0.15, 0.2) is 68.3 Å². The second-order valence-corrected chi connectivity index (χ2v) is 5.99. The summed E-state index contributed by atoms with van der Waals surface area (Å²) < 4.78 is 11.4. The average Bonchev–Trinajstić information content (AvgIpc) is 2.60. The number of carbonyl (C=O) groups excluding carboxylic acids is 1. The van der Waals surface area contributed by atoms with Crippen LogP contribution in [0.1, 0.15) is 15.9 Å². The molecule has 120 valence electrons. The Labute approximate surface area is 146 Å². The third kappa shape index (κ3) is 3.31. The Morgan fingerprint density at radius 3 is 2.62 bits per heavy atom. The lowest BCUT2D eigenvalue weighted by Gasteiger charge is -2.04. The van der Waals surface area contributed by atoms with Gasteiger partial charge in [0.25, 0.3) is 0 Å². The lowest BCUT2D eigenvalue weighted by molar-refractivity contribution is 0.104. The Morgan fingerprint density at radius 1 is 1.17 bits per heavy atom. The summed E-state index contributed by atoms with van der Waals surface area (Å²) in [6, 6.07) is 14.2. The van der Waals surface area contributed by atoms with Gasteiger partial charge in [-0.15, -0.1) is 0 Å². The summed E-state index contributed by atoms with van der Waals surface area (Å²) in [5.41, 5.74) is 0.499. The number of halogens is 1. The molecule has 0 saturated carbocycles. The Bertz CT molecular complexity index is 984. The highest BCUT2D eigenvalue weighted by Crippen LogP contribution is 2.24. The van der Waals surface area contributed by atoms with Crippen LogP contribution in [0.5, 0.6) is 5.75 Å². The maximum Gasteiger partial charge on any atom is 0.347 e. The summed E-state index contributed by atoms with van der Waals surface area (Å²) >= 11 is 3.35.